The highest BCUT2D eigenvalue weighted by atomic mass is 32.1. The third-order valence-corrected chi connectivity index (χ3v) is 6.12. The molecule has 1 N–H and O–H groups in total. The Balaban J connectivity index is 1.54. The van der Waals surface area contributed by atoms with E-state index in [1.807, 2.05) is 34.5 Å². The first kappa shape index (κ1) is 16.2. The molecular weight excluding hydrogens is 354 g/mol. The molecule has 128 valence electrons. The SMILES string of the molecule is O=C(Nc1sccc1C(=O)N1CCCCC1)c1nc2ccccc2s1. The average Bonchev–Trinajstić information content (AvgIpc) is 3.28. The summed E-state index contributed by atoms with van der Waals surface area (Å²) >= 11 is 2.72. The van der Waals surface area contributed by atoms with Crippen LogP contribution in [0.4, 0.5) is 5.00 Å². The number of likely N-dealkylation sites (tertiary alicyclic amines) is 1. The number of anilines is 1. The number of hydrogen-bond acceptors (Lipinski definition) is 5. The van der Waals surface area contributed by atoms with E-state index in [2.05, 4.69) is 10.3 Å². The van der Waals surface area contributed by atoms with Gasteiger partial charge in [-0.2, -0.15) is 0 Å². The maximum Gasteiger partial charge on any atom is 0.285 e. The molecule has 0 atom stereocenters. The fourth-order valence-corrected chi connectivity index (χ4v) is 4.60. The lowest BCUT2D eigenvalue weighted by Gasteiger charge is -2.26. The number of carbonyl (C=O) groups is 2. The van der Waals surface area contributed by atoms with Gasteiger partial charge in [-0.05, 0) is 42.8 Å². The summed E-state index contributed by atoms with van der Waals surface area (Å²) in [4.78, 5) is 31.5. The van der Waals surface area contributed by atoms with Crippen LogP contribution in [0.2, 0.25) is 0 Å². The van der Waals surface area contributed by atoms with Crippen LogP contribution in [0, 0.1) is 0 Å². The fraction of sp³-hybridized carbons (Fsp3) is 0.278. The number of para-hydroxylation sites is 1. The molecule has 1 aliphatic heterocycles. The van der Waals surface area contributed by atoms with E-state index in [0.717, 1.165) is 36.1 Å². The topological polar surface area (TPSA) is 62.3 Å². The van der Waals surface area contributed by atoms with Crippen molar-refractivity contribution in [2.45, 2.75) is 19.3 Å². The quantitative estimate of drug-likeness (QED) is 0.749. The summed E-state index contributed by atoms with van der Waals surface area (Å²) in [5, 5.41) is 5.71. The lowest BCUT2D eigenvalue weighted by Crippen LogP contribution is -2.35. The van der Waals surface area contributed by atoms with E-state index in [1.165, 1.54) is 29.1 Å². The highest BCUT2D eigenvalue weighted by molar-refractivity contribution is 7.20. The van der Waals surface area contributed by atoms with Crippen LogP contribution in [0.15, 0.2) is 35.7 Å². The molecule has 25 heavy (non-hydrogen) atoms. The van der Waals surface area contributed by atoms with Crippen LogP contribution in [0.1, 0.15) is 39.4 Å². The largest absolute Gasteiger partial charge is 0.339 e. The van der Waals surface area contributed by atoms with Gasteiger partial charge in [-0.1, -0.05) is 12.1 Å². The third kappa shape index (κ3) is 3.29. The first-order chi connectivity index (χ1) is 12.2. The maximum absolute atomic E-state index is 12.7. The van der Waals surface area contributed by atoms with E-state index in [9.17, 15) is 9.59 Å². The lowest BCUT2D eigenvalue weighted by molar-refractivity contribution is 0.0726. The minimum Gasteiger partial charge on any atom is -0.339 e. The zero-order valence-corrected chi connectivity index (χ0v) is 15.2. The van der Waals surface area contributed by atoms with Crippen molar-refractivity contribution in [3.63, 3.8) is 0 Å². The van der Waals surface area contributed by atoms with Crippen LogP contribution >= 0.6 is 22.7 Å². The number of piperidine rings is 1. The molecule has 0 bridgehead atoms. The number of carbonyl (C=O) groups excluding carboxylic acids is 2. The molecule has 7 heteroatoms. The molecule has 0 radical (unpaired) electrons. The Hall–Kier alpha value is -2.25. The smallest absolute Gasteiger partial charge is 0.285 e. The number of fused-ring (bicyclic) bond motifs is 1. The molecule has 2 amide bonds. The van der Waals surface area contributed by atoms with Crippen LogP contribution in [0.25, 0.3) is 10.2 Å². The van der Waals surface area contributed by atoms with E-state index in [0.29, 0.717) is 15.6 Å². The predicted molar refractivity (Wildman–Crippen MR) is 102 cm³/mol. The summed E-state index contributed by atoms with van der Waals surface area (Å²) in [7, 11) is 0. The molecule has 0 aliphatic carbocycles. The van der Waals surface area contributed by atoms with Crippen molar-refractivity contribution in [3.8, 4) is 0 Å². The molecule has 1 saturated heterocycles. The van der Waals surface area contributed by atoms with Crippen molar-refractivity contribution in [2.75, 3.05) is 18.4 Å². The number of thiophene rings is 1. The van der Waals surface area contributed by atoms with Gasteiger partial charge >= 0.3 is 0 Å². The molecule has 0 saturated carbocycles. The number of nitrogens with one attached hydrogen (secondary N) is 1. The average molecular weight is 371 g/mol. The lowest BCUT2D eigenvalue weighted by atomic mass is 10.1. The van der Waals surface area contributed by atoms with Gasteiger partial charge in [0.05, 0.1) is 15.8 Å². The summed E-state index contributed by atoms with van der Waals surface area (Å²) < 4.78 is 0.975. The highest BCUT2D eigenvalue weighted by Crippen LogP contribution is 2.28. The molecule has 1 aromatic carbocycles. The summed E-state index contributed by atoms with van der Waals surface area (Å²) in [6.45, 7) is 1.58. The highest BCUT2D eigenvalue weighted by Gasteiger charge is 2.23. The van der Waals surface area contributed by atoms with Crippen molar-refractivity contribution in [1.29, 1.82) is 0 Å². The maximum atomic E-state index is 12.7. The summed E-state index contributed by atoms with van der Waals surface area (Å²) in [5.74, 6) is -0.267. The van der Waals surface area contributed by atoms with Crippen molar-refractivity contribution in [3.05, 3.63) is 46.3 Å². The second-order valence-corrected chi connectivity index (χ2v) is 7.90. The fourth-order valence-electron chi connectivity index (χ4n) is 2.97. The Morgan fingerprint density at radius 2 is 1.88 bits per heavy atom. The van der Waals surface area contributed by atoms with Crippen LogP contribution < -0.4 is 5.32 Å². The molecule has 5 nitrogen and oxygen atoms in total. The number of benzene rings is 1. The van der Waals surface area contributed by atoms with Gasteiger partial charge in [-0.15, -0.1) is 22.7 Å². The van der Waals surface area contributed by atoms with Gasteiger partial charge in [-0.3, -0.25) is 9.59 Å². The van der Waals surface area contributed by atoms with Crippen molar-refractivity contribution in [2.24, 2.45) is 0 Å². The minimum absolute atomic E-state index is 0.000509. The number of amides is 2. The molecule has 0 unspecified atom stereocenters. The number of aromatic nitrogens is 1. The van der Waals surface area contributed by atoms with E-state index in [-0.39, 0.29) is 11.8 Å². The summed E-state index contributed by atoms with van der Waals surface area (Å²) in [6, 6.07) is 9.45. The van der Waals surface area contributed by atoms with Gasteiger partial charge < -0.3 is 10.2 Å². The van der Waals surface area contributed by atoms with Gasteiger partial charge in [-0.25, -0.2) is 4.98 Å². The summed E-state index contributed by atoms with van der Waals surface area (Å²) in [6.07, 6.45) is 3.27. The minimum atomic E-state index is -0.267. The Kier molecular flexibility index (Phi) is 4.50. The number of hydrogen-bond donors (Lipinski definition) is 1. The van der Waals surface area contributed by atoms with Gasteiger partial charge in [0.2, 0.25) is 0 Å². The second kappa shape index (κ2) is 6.93. The molecule has 3 heterocycles. The van der Waals surface area contributed by atoms with Crippen molar-refractivity contribution in [1.82, 2.24) is 9.88 Å². The van der Waals surface area contributed by atoms with E-state index in [1.54, 1.807) is 6.07 Å². The normalized spacial score (nSPS) is 14.6. The van der Waals surface area contributed by atoms with E-state index < -0.39 is 0 Å². The van der Waals surface area contributed by atoms with Gasteiger partial charge in [0.25, 0.3) is 11.8 Å². The number of rotatable bonds is 3. The Morgan fingerprint density at radius 3 is 2.68 bits per heavy atom. The van der Waals surface area contributed by atoms with E-state index in [4.69, 9.17) is 0 Å². The third-order valence-electron chi connectivity index (χ3n) is 4.25. The Bertz CT molecular complexity index is 892. The van der Waals surface area contributed by atoms with Crippen LogP contribution in [-0.2, 0) is 0 Å². The van der Waals surface area contributed by atoms with Gasteiger partial charge in [0.1, 0.15) is 5.00 Å². The van der Waals surface area contributed by atoms with Crippen LogP contribution in [0.5, 0.6) is 0 Å². The van der Waals surface area contributed by atoms with Crippen LogP contribution in [0.3, 0.4) is 0 Å². The van der Waals surface area contributed by atoms with Crippen molar-refractivity contribution >= 4 is 49.7 Å². The number of thiazole rings is 1. The zero-order chi connectivity index (χ0) is 17.2. The molecular formula is C18H17N3O2S2. The monoisotopic (exact) mass is 371 g/mol. The first-order valence-corrected chi connectivity index (χ1v) is 9.96. The standard InChI is InChI=1S/C18H17N3O2S2/c22-15(17-19-13-6-2-3-7-14(13)25-17)20-16-12(8-11-24-16)18(23)21-9-4-1-5-10-21/h2-3,6-8,11H,1,4-5,9-10H2,(H,20,22). The molecule has 1 aliphatic rings. The molecule has 0 spiro atoms. The molecule has 2 aromatic heterocycles. The molecule has 4 rings (SSSR count). The molecule has 3 aromatic rings. The molecule has 1 fully saturated rings. The predicted octanol–water partition coefficient (Wildman–Crippen LogP) is 4.24. The van der Waals surface area contributed by atoms with Gasteiger partial charge in [0.15, 0.2) is 5.01 Å². The first-order valence-electron chi connectivity index (χ1n) is 8.26. The zero-order valence-electron chi connectivity index (χ0n) is 13.5. The Labute approximate surface area is 153 Å². The van der Waals surface area contributed by atoms with Crippen LogP contribution in [-0.4, -0.2) is 34.8 Å². The summed E-state index contributed by atoms with van der Waals surface area (Å²) in [5.41, 5.74) is 1.38. The van der Waals surface area contributed by atoms with Crippen molar-refractivity contribution < 1.29 is 9.59 Å². The Morgan fingerprint density at radius 1 is 1.08 bits per heavy atom. The second-order valence-electron chi connectivity index (χ2n) is 5.96. The van der Waals surface area contributed by atoms with E-state index >= 15 is 0 Å². The van der Waals surface area contributed by atoms with Gasteiger partial charge in [0, 0.05) is 13.1 Å². The number of nitrogens with zero attached hydrogens (tertiary/aromatic N) is 2.